The molecule has 1 N–H and O–H groups in total. The van der Waals surface area contributed by atoms with Gasteiger partial charge in [-0.2, -0.15) is 0 Å². The molecule has 0 aliphatic heterocycles. The predicted molar refractivity (Wildman–Crippen MR) is 107 cm³/mol. The summed E-state index contributed by atoms with van der Waals surface area (Å²) >= 11 is 0. The number of aromatic nitrogens is 4. The van der Waals surface area contributed by atoms with Gasteiger partial charge in [-0.1, -0.05) is 11.3 Å². The lowest BCUT2D eigenvalue weighted by Crippen LogP contribution is -2.35. The maximum absolute atomic E-state index is 12.7. The highest BCUT2D eigenvalue weighted by Crippen LogP contribution is 2.19. The summed E-state index contributed by atoms with van der Waals surface area (Å²) < 4.78 is 1.34. The maximum atomic E-state index is 12.7. The highest BCUT2D eigenvalue weighted by atomic mass is 16.6. The molecule has 0 aliphatic carbocycles. The molecule has 2 aromatic heterocycles. The van der Waals surface area contributed by atoms with Gasteiger partial charge < -0.3 is 10.2 Å². The molecule has 0 bridgehead atoms. The van der Waals surface area contributed by atoms with Crippen LogP contribution in [0, 0.1) is 24.0 Å². The van der Waals surface area contributed by atoms with Gasteiger partial charge in [0.15, 0.2) is 5.69 Å². The van der Waals surface area contributed by atoms with Crippen LogP contribution in [0.2, 0.25) is 0 Å². The molecule has 2 amide bonds. The topological polar surface area (TPSA) is 136 Å². The number of anilines is 1. The van der Waals surface area contributed by atoms with Crippen LogP contribution < -0.4 is 5.32 Å². The Hall–Kier alpha value is -4.15. The number of hydrogen-bond donors (Lipinski definition) is 1. The zero-order valence-electron chi connectivity index (χ0n) is 16.6. The van der Waals surface area contributed by atoms with Gasteiger partial charge in [0.05, 0.1) is 22.8 Å². The fraction of sp³-hybridized carbons (Fsp3) is 0.211. The number of nitro benzene ring substituents is 1. The van der Waals surface area contributed by atoms with Crippen LogP contribution in [0.4, 0.5) is 11.5 Å². The van der Waals surface area contributed by atoms with E-state index in [0.29, 0.717) is 17.2 Å². The first-order valence-corrected chi connectivity index (χ1v) is 8.91. The molecule has 11 nitrogen and oxygen atoms in total. The lowest BCUT2D eigenvalue weighted by molar-refractivity contribution is -0.384. The largest absolute Gasteiger partial charge is 0.331 e. The van der Waals surface area contributed by atoms with Crippen LogP contribution in [0.5, 0.6) is 0 Å². The summed E-state index contributed by atoms with van der Waals surface area (Å²) in [7, 11) is 1.47. The van der Waals surface area contributed by atoms with Crippen molar-refractivity contribution in [1.82, 2.24) is 24.9 Å². The molecule has 0 saturated heterocycles. The summed E-state index contributed by atoms with van der Waals surface area (Å²) in [5.74, 6) is -0.516. The van der Waals surface area contributed by atoms with Crippen LogP contribution in [0.3, 0.4) is 0 Å². The number of nitrogens with one attached hydrogen (secondary N) is 1. The van der Waals surface area contributed by atoms with Crippen LogP contribution in [0.25, 0.3) is 5.69 Å². The molecule has 30 heavy (non-hydrogen) atoms. The predicted octanol–water partition coefficient (Wildman–Crippen LogP) is 1.90. The van der Waals surface area contributed by atoms with E-state index >= 15 is 0 Å². The highest BCUT2D eigenvalue weighted by molar-refractivity contribution is 5.98. The fourth-order valence-corrected chi connectivity index (χ4v) is 2.77. The van der Waals surface area contributed by atoms with E-state index in [-0.39, 0.29) is 17.9 Å². The zero-order valence-corrected chi connectivity index (χ0v) is 16.6. The fourth-order valence-electron chi connectivity index (χ4n) is 2.77. The lowest BCUT2D eigenvalue weighted by atomic mass is 10.2. The Bertz CT molecular complexity index is 1130. The van der Waals surface area contributed by atoms with Crippen molar-refractivity contribution in [3.05, 3.63) is 69.7 Å². The van der Waals surface area contributed by atoms with Gasteiger partial charge in [-0.3, -0.25) is 19.7 Å². The number of carbonyl (C=O) groups is 2. The maximum Gasteiger partial charge on any atom is 0.276 e. The van der Waals surface area contributed by atoms with Gasteiger partial charge >= 0.3 is 0 Å². The Morgan fingerprint density at radius 3 is 2.70 bits per heavy atom. The van der Waals surface area contributed by atoms with Gasteiger partial charge in [0, 0.05) is 25.4 Å². The van der Waals surface area contributed by atoms with Crippen LogP contribution >= 0.6 is 0 Å². The van der Waals surface area contributed by atoms with Gasteiger partial charge in [-0.25, -0.2) is 9.67 Å². The van der Waals surface area contributed by atoms with Crippen molar-refractivity contribution in [3.8, 4) is 5.69 Å². The van der Waals surface area contributed by atoms with Crippen LogP contribution in [0.1, 0.15) is 21.7 Å². The molecule has 11 heteroatoms. The minimum Gasteiger partial charge on any atom is -0.331 e. The third kappa shape index (κ3) is 4.46. The summed E-state index contributed by atoms with van der Waals surface area (Å²) in [6, 6.07) is 9.35. The lowest BCUT2D eigenvalue weighted by Gasteiger charge is -2.15. The molecule has 0 atom stereocenters. The second-order valence-electron chi connectivity index (χ2n) is 6.64. The SMILES string of the molecule is Cc1ccnc(NC(=O)CN(C)C(=O)c2nnn(-c3cccc([N+](=O)[O-])c3)c2C)c1. The Balaban J connectivity index is 1.73. The van der Waals surface area contributed by atoms with E-state index in [1.165, 1.54) is 34.8 Å². The van der Waals surface area contributed by atoms with E-state index in [9.17, 15) is 19.7 Å². The molecular weight excluding hydrogens is 390 g/mol. The van der Waals surface area contributed by atoms with Crippen molar-refractivity contribution < 1.29 is 14.5 Å². The number of nitrogens with zero attached hydrogens (tertiary/aromatic N) is 6. The third-order valence-corrected chi connectivity index (χ3v) is 4.29. The third-order valence-electron chi connectivity index (χ3n) is 4.29. The van der Waals surface area contributed by atoms with Crippen molar-refractivity contribution in [1.29, 1.82) is 0 Å². The first kappa shape index (κ1) is 20.6. The number of likely N-dealkylation sites (N-methyl/N-ethyl adjacent to an activating group) is 1. The second kappa shape index (κ2) is 8.47. The highest BCUT2D eigenvalue weighted by Gasteiger charge is 2.23. The Morgan fingerprint density at radius 1 is 1.23 bits per heavy atom. The molecule has 3 aromatic rings. The van der Waals surface area contributed by atoms with Gasteiger partial charge in [0.2, 0.25) is 5.91 Å². The van der Waals surface area contributed by atoms with Crippen molar-refractivity contribution in [2.45, 2.75) is 13.8 Å². The normalized spacial score (nSPS) is 10.5. The summed E-state index contributed by atoms with van der Waals surface area (Å²) in [4.78, 5) is 40.7. The number of rotatable bonds is 6. The molecule has 0 saturated carbocycles. The summed E-state index contributed by atoms with van der Waals surface area (Å²) in [5.41, 5.74) is 1.68. The smallest absolute Gasteiger partial charge is 0.276 e. The molecule has 0 fully saturated rings. The minimum atomic E-state index is -0.517. The van der Waals surface area contributed by atoms with Crippen LogP contribution in [-0.2, 0) is 4.79 Å². The number of hydrogen-bond acceptors (Lipinski definition) is 7. The van der Waals surface area contributed by atoms with Gasteiger partial charge in [-0.15, -0.1) is 5.10 Å². The van der Waals surface area contributed by atoms with E-state index < -0.39 is 16.7 Å². The zero-order chi connectivity index (χ0) is 21.8. The summed E-state index contributed by atoms with van der Waals surface area (Å²) in [6.45, 7) is 3.29. The second-order valence-corrected chi connectivity index (χ2v) is 6.64. The number of benzene rings is 1. The molecule has 1 aromatic carbocycles. The molecule has 154 valence electrons. The molecule has 3 rings (SSSR count). The van der Waals surface area contributed by atoms with Crippen molar-refractivity contribution in [3.63, 3.8) is 0 Å². The molecule has 0 radical (unpaired) electrons. The van der Waals surface area contributed by atoms with Crippen molar-refractivity contribution in [2.75, 3.05) is 18.9 Å². The number of non-ortho nitro benzene ring substituents is 1. The van der Waals surface area contributed by atoms with E-state index in [0.717, 1.165) is 5.56 Å². The van der Waals surface area contributed by atoms with E-state index in [1.807, 2.05) is 6.92 Å². The van der Waals surface area contributed by atoms with Crippen molar-refractivity contribution >= 4 is 23.3 Å². The van der Waals surface area contributed by atoms with Gasteiger partial charge in [0.1, 0.15) is 5.82 Å². The van der Waals surface area contributed by atoms with Crippen LogP contribution in [-0.4, -0.2) is 55.2 Å². The van der Waals surface area contributed by atoms with Gasteiger partial charge in [-0.05, 0) is 37.6 Å². The van der Waals surface area contributed by atoms with Gasteiger partial charge in [0.25, 0.3) is 11.6 Å². The Morgan fingerprint density at radius 2 is 2.00 bits per heavy atom. The quantitative estimate of drug-likeness (QED) is 0.485. The number of nitro groups is 1. The molecule has 2 heterocycles. The molecule has 0 spiro atoms. The number of aryl methyl sites for hydroxylation is 1. The Labute approximate surface area is 171 Å². The van der Waals surface area contributed by atoms with E-state index in [1.54, 1.807) is 31.3 Å². The number of pyridine rings is 1. The van der Waals surface area contributed by atoms with Crippen LogP contribution in [0.15, 0.2) is 42.6 Å². The van der Waals surface area contributed by atoms with E-state index in [4.69, 9.17) is 0 Å². The molecule has 0 aliphatic rings. The minimum absolute atomic E-state index is 0.0467. The Kier molecular flexibility index (Phi) is 5.81. The summed E-state index contributed by atoms with van der Waals surface area (Å²) in [5, 5.41) is 21.4. The first-order valence-electron chi connectivity index (χ1n) is 8.91. The average Bonchev–Trinajstić information content (AvgIpc) is 3.08. The summed E-state index contributed by atoms with van der Waals surface area (Å²) in [6.07, 6.45) is 1.58. The first-order chi connectivity index (χ1) is 14.3. The average molecular weight is 409 g/mol. The number of amides is 2. The van der Waals surface area contributed by atoms with E-state index in [2.05, 4.69) is 20.6 Å². The van der Waals surface area contributed by atoms with Crippen molar-refractivity contribution in [2.24, 2.45) is 0 Å². The molecule has 0 unspecified atom stereocenters. The monoisotopic (exact) mass is 409 g/mol. The molecular formula is C19H19N7O4. The number of carbonyl (C=O) groups excluding carboxylic acids is 2. The standard InChI is InChI=1S/C19H19N7O4/c1-12-7-8-20-16(9-12)21-17(27)11-24(3)19(28)18-13(2)25(23-22-18)14-5-4-6-15(10-14)26(29)30/h4-10H,11H2,1-3H3,(H,20,21,27).